The van der Waals surface area contributed by atoms with Crippen molar-refractivity contribution in [3.05, 3.63) is 35.9 Å². The third-order valence-corrected chi connectivity index (χ3v) is 3.30. The van der Waals surface area contributed by atoms with Crippen LogP contribution >= 0.6 is 0 Å². The van der Waals surface area contributed by atoms with E-state index in [1.807, 2.05) is 30.3 Å². The zero-order valence-electron chi connectivity index (χ0n) is 13.3. The van der Waals surface area contributed by atoms with Crippen LogP contribution in [0.4, 0.5) is 0 Å². The summed E-state index contributed by atoms with van der Waals surface area (Å²) in [6.07, 6.45) is 0.355. The molecule has 0 saturated heterocycles. The first-order valence-corrected chi connectivity index (χ1v) is 7.40. The van der Waals surface area contributed by atoms with E-state index in [0.29, 0.717) is 6.42 Å². The molecule has 0 fully saturated rings. The molecule has 0 unspecified atom stereocenters. The number of rotatable bonds is 8. The van der Waals surface area contributed by atoms with E-state index >= 15 is 0 Å². The van der Waals surface area contributed by atoms with Gasteiger partial charge in [0, 0.05) is 0 Å². The maximum absolute atomic E-state index is 12.2. The molecule has 2 atom stereocenters. The number of amides is 2. The van der Waals surface area contributed by atoms with Crippen LogP contribution in [-0.4, -0.2) is 41.5 Å². The van der Waals surface area contributed by atoms with Gasteiger partial charge in [-0.2, -0.15) is 0 Å². The topological polar surface area (TPSA) is 122 Å². The molecule has 0 aliphatic heterocycles. The van der Waals surface area contributed by atoms with E-state index in [1.165, 1.54) is 0 Å². The summed E-state index contributed by atoms with van der Waals surface area (Å²) in [6, 6.07) is 7.71. The predicted octanol–water partition coefficient (Wildman–Crippen LogP) is -0.102. The number of nitrogens with two attached hydrogens (primary N) is 1. The van der Waals surface area contributed by atoms with Crippen LogP contribution in [0.2, 0.25) is 0 Å². The van der Waals surface area contributed by atoms with Crippen LogP contribution in [0.1, 0.15) is 19.4 Å². The van der Waals surface area contributed by atoms with Gasteiger partial charge in [-0.15, -0.1) is 0 Å². The average molecular weight is 321 g/mol. The molecule has 0 spiro atoms. The van der Waals surface area contributed by atoms with Gasteiger partial charge in [0.1, 0.15) is 12.6 Å². The van der Waals surface area contributed by atoms with Gasteiger partial charge >= 0.3 is 5.97 Å². The fourth-order valence-electron chi connectivity index (χ4n) is 2.03. The summed E-state index contributed by atoms with van der Waals surface area (Å²) >= 11 is 0. The van der Waals surface area contributed by atoms with Gasteiger partial charge in [0.05, 0.1) is 6.04 Å². The third-order valence-electron chi connectivity index (χ3n) is 3.30. The lowest BCUT2D eigenvalue weighted by Crippen LogP contribution is -2.54. The predicted molar refractivity (Wildman–Crippen MR) is 85.5 cm³/mol. The molecule has 0 aliphatic rings. The van der Waals surface area contributed by atoms with E-state index in [2.05, 4.69) is 10.6 Å². The Kier molecular flexibility index (Phi) is 7.21. The average Bonchev–Trinajstić information content (AvgIpc) is 2.50. The molecular formula is C16H23N3O4. The molecule has 0 bridgehead atoms. The Morgan fingerprint density at radius 1 is 1.13 bits per heavy atom. The molecule has 1 aromatic rings. The molecule has 0 radical (unpaired) electrons. The van der Waals surface area contributed by atoms with Gasteiger partial charge in [0.2, 0.25) is 11.8 Å². The zero-order chi connectivity index (χ0) is 17.4. The molecule has 0 aliphatic carbocycles. The van der Waals surface area contributed by atoms with Crippen LogP contribution < -0.4 is 16.4 Å². The highest BCUT2D eigenvalue weighted by Gasteiger charge is 2.26. The van der Waals surface area contributed by atoms with Crippen LogP contribution in [0.25, 0.3) is 0 Å². The Bertz CT molecular complexity index is 546. The van der Waals surface area contributed by atoms with Crippen molar-refractivity contribution in [2.75, 3.05) is 6.54 Å². The number of carboxylic acids is 1. The lowest BCUT2D eigenvalue weighted by atomic mass is 10.0. The minimum Gasteiger partial charge on any atom is -0.480 e. The monoisotopic (exact) mass is 321 g/mol. The second-order valence-corrected chi connectivity index (χ2v) is 5.64. The number of carboxylic acid groups (broad SMARTS) is 1. The zero-order valence-corrected chi connectivity index (χ0v) is 13.3. The fourth-order valence-corrected chi connectivity index (χ4v) is 2.03. The maximum atomic E-state index is 12.2. The second kappa shape index (κ2) is 8.89. The van der Waals surface area contributed by atoms with Gasteiger partial charge in [-0.1, -0.05) is 44.2 Å². The SMILES string of the molecule is CC(C)[C@H](NC(=O)[C@@H](N)Cc1ccccc1)C(=O)NCC(=O)O. The van der Waals surface area contributed by atoms with Crippen molar-refractivity contribution in [1.82, 2.24) is 10.6 Å². The Morgan fingerprint density at radius 3 is 2.26 bits per heavy atom. The Hall–Kier alpha value is -2.41. The molecule has 1 aromatic carbocycles. The van der Waals surface area contributed by atoms with Crippen molar-refractivity contribution in [3.63, 3.8) is 0 Å². The smallest absolute Gasteiger partial charge is 0.322 e. The number of hydrogen-bond acceptors (Lipinski definition) is 4. The highest BCUT2D eigenvalue weighted by atomic mass is 16.4. The normalized spacial score (nSPS) is 13.2. The number of aliphatic carboxylic acids is 1. The molecule has 0 heterocycles. The van der Waals surface area contributed by atoms with Crippen LogP contribution in [-0.2, 0) is 20.8 Å². The Balaban J connectivity index is 2.62. The van der Waals surface area contributed by atoms with Crippen molar-refractivity contribution >= 4 is 17.8 Å². The van der Waals surface area contributed by atoms with Crippen molar-refractivity contribution in [3.8, 4) is 0 Å². The number of carbonyl (C=O) groups excluding carboxylic acids is 2. The van der Waals surface area contributed by atoms with Crippen LogP contribution in [0.15, 0.2) is 30.3 Å². The minimum absolute atomic E-state index is 0.198. The van der Waals surface area contributed by atoms with E-state index in [4.69, 9.17) is 10.8 Å². The standard InChI is InChI=1S/C16H23N3O4/c1-10(2)14(16(23)18-9-13(20)21)19-15(22)12(17)8-11-6-4-3-5-7-11/h3-7,10,12,14H,8-9,17H2,1-2H3,(H,18,23)(H,19,22)(H,20,21)/t12-,14-/m0/s1. The van der Waals surface area contributed by atoms with Gasteiger partial charge < -0.3 is 21.5 Å². The molecule has 0 aromatic heterocycles. The lowest BCUT2D eigenvalue weighted by Gasteiger charge is -2.23. The van der Waals surface area contributed by atoms with Gasteiger partial charge in [-0.05, 0) is 17.9 Å². The van der Waals surface area contributed by atoms with Crippen LogP contribution in [0.3, 0.4) is 0 Å². The van der Waals surface area contributed by atoms with Crippen molar-refractivity contribution < 1.29 is 19.5 Å². The quantitative estimate of drug-likeness (QED) is 0.532. The first-order chi connectivity index (χ1) is 10.8. The van der Waals surface area contributed by atoms with Crippen molar-refractivity contribution in [1.29, 1.82) is 0 Å². The Labute approximate surface area is 135 Å². The molecule has 7 heteroatoms. The molecule has 5 N–H and O–H groups in total. The van der Waals surface area contributed by atoms with Gasteiger partial charge in [-0.25, -0.2) is 0 Å². The van der Waals surface area contributed by atoms with Crippen molar-refractivity contribution in [2.45, 2.75) is 32.4 Å². The van der Waals surface area contributed by atoms with E-state index in [0.717, 1.165) is 5.56 Å². The summed E-state index contributed by atoms with van der Waals surface area (Å²) in [6.45, 7) is 3.02. The van der Waals surface area contributed by atoms with E-state index < -0.39 is 36.4 Å². The molecule has 1 rings (SSSR count). The number of nitrogens with one attached hydrogen (secondary N) is 2. The fraction of sp³-hybridized carbons (Fsp3) is 0.438. The molecule has 2 amide bonds. The summed E-state index contributed by atoms with van der Waals surface area (Å²) < 4.78 is 0. The highest BCUT2D eigenvalue weighted by molar-refractivity contribution is 5.91. The number of carbonyl (C=O) groups is 3. The first kappa shape index (κ1) is 18.6. The number of benzene rings is 1. The van der Waals surface area contributed by atoms with Gasteiger partial charge in [0.15, 0.2) is 0 Å². The Morgan fingerprint density at radius 2 is 1.74 bits per heavy atom. The third kappa shape index (κ3) is 6.48. The number of hydrogen-bond donors (Lipinski definition) is 4. The van der Waals surface area contributed by atoms with Gasteiger partial charge in [0.25, 0.3) is 0 Å². The minimum atomic E-state index is -1.15. The molecule has 126 valence electrons. The lowest BCUT2D eigenvalue weighted by molar-refractivity contribution is -0.138. The van der Waals surface area contributed by atoms with Crippen LogP contribution in [0.5, 0.6) is 0 Å². The largest absolute Gasteiger partial charge is 0.480 e. The molecule has 7 nitrogen and oxygen atoms in total. The second-order valence-electron chi connectivity index (χ2n) is 5.64. The first-order valence-electron chi connectivity index (χ1n) is 7.40. The van der Waals surface area contributed by atoms with E-state index in [9.17, 15) is 14.4 Å². The molecule has 23 heavy (non-hydrogen) atoms. The van der Waals surface area contributed by atoms with E-state index in [1.54, 1.807) is 13.8 Å². The summed E-state index contributed by atoms with van der Waals surface area (Å²) in [4.78, 5) is 34.7. The van der Waals surface area contributed by atoms with Crippen molar-refractivity contribution in [2.24, 2.45) is 11.7 Å². The summed E-state index contributed by atoms with van der Waals surface area (Å²) in [5.74, 6) is -2.33. The van der Waals surface area contributed by atoms with Crippen LogP contribution in [0, 0.1) is 5.92 Å². The summed E-state index contributed by atoms with van der Waals surface area (Å²) in [7, 11) is 0. The highest BCUT2D eigenvalue weighted by Crippen LogP contribution is 2.05. The van der Waals surface area contributed by atoms with Gasteiger partial charge in [-0.3, -0.25) is 14.4 Å². The summed E-state index contributed by atoms with van der Waals surface area (Å²) in [5.41, 5.74) is 6.80. The molecule has 0 saturated carbocycles. The maximum Gasteiger partial charge on any atom is 0.322 e. The summed E-state index contributed by atoms with van der Waals surface area (Å²) in [5, 5.41) is 13.4. The molecular weight excluding hydrogens is 298 g/mol. The van der Waals surface area contributed by atoms with E-state index in [-0.39, 0.29) is 5.92 Å².